The van der Waals surface area contributed by atoms with Crippen LogP contribution in [0.25, 0.3) is 0 Å². The lowest BCUT2D eigenvalue weighted by Crippen LogP contribution is -2.53. The van der Waals surface area contributed by atoms with E-state index in [1.54, 1.807) is 30.3 Å². The van der Waals surface area contributed by atoms with E-state index in [4.69, 9.17) is 0 Å². The number of hydrogen-bond donors (Lipinski definition) is 1. The van der Waals surface area contributed by atoms with Crippen molar-refractivity contribution in [1.82, 2.24) is 10.2 Å². The molecule has 0 saturated heterocycles. The van der Waals surface area contributed by atoms with Crippen LogP contribution in [0.15, 0.2) is 78.9 Å². The fourth-order valence-electron chi connectivity index (χ4n) is 4.04. The van der Waals surface area contributed by atoms with E-state index in [0.717, 1.165) is 28.1 Å². The van der Waals surface area contributed by atoms with Crippen LogP contribution in [0.2, 0.25) is 0 Å². The molecule has 37 heavy (non-hydrogen) atoms. The van der Waals surface area contributed by atoms with Crippen LogP contribution < -0.4 is 9.62 Å². The number of nitrogens with zero attached hydrogens (tertiary/aromatic N) is 2. The number of sulfonamides is 1. The van der Waals surface area contributed by atoms with E-state index >= 15 is 0 Å². The topological polar surface area (TPSA) is 86.8 Å². The molecular weight excluding hydrogens is 493 g/mol. The number of rotatable bonds is 11. The lowest BCUT2D eigenvalue weighted by Gasteiger charge is -2.33. The summed E-state index contributed by atoms with van der Waals surface area (Å²) in [5.41, 5.74) is 2.37. The van der Waals surface area contributed by atoms with Crippen molar-refractivity contribution >= 4 is 27.5 Å². The minimum Gasteiger partial charge on any atom is -0.357 e. The molecule has 0 fully saturated rings. The van der Waals surface area contributed by atoms with Gasteiger partial charge in [0.1, 0.15) is 18.4 Å². The molecule has 0 radical (unpaired) electrons. The first-order chi connectivity index (χ1) is 17.6. The quantitative estimate of drug-likeness (QED) is 0.415. The van der Waals surface area contributed by atoms with Crippen molar-refractivity contribution in [2.45, 2.75) is 32.4 Å². The van der Waals surface area contributed by atoms with Crippen LogP contribution in [0.1, 0.15) is 23.6 Å². The summed E-state index contributed by atoms with van der Waals surface area (Å²) in [6.07, 6.45) is 1.97. The first-order valence-corrected chi connectivity index (χ1v) is 13.8. The average molecular weight is 526 g/mol. The van der Waals surface area contributed by atoms with Gasteiger partial charge in [-0.25, -0.2) is 12.8 Å². The zero-order chi connectivity index (χ0) is 27.0. The van der Waals surface area contributed by atoms with Crippen LogP contribution in [0.5, 0.6) is 0 Å². The van der Waals surface area contributed by atoms with Gasteiger partial charge >= 0.3 is 0 Å². The minimum atomic E-state index is -3.85. The molecule has 0 heterocycles. The molecule has 1 N–H and O–H groups in total. The molecule has 0 aliphatic rings. The van der Waals surface area contributed by atoms with Gasteiger partial charge in [-0.15, -0.1) is 0 Å². The fourth-order valence-corrected chi connectivity index (χ4v) is 4.89. The standard InChI is InChI=1S/C28H32FN3O4S/c1-4-21-14-16-24(17-15-21)32(37(3,35)36)20-27(33)31(19-23-12-8-9-13-25(23)29)26(28(34)30-2)18-22-10-6-5-7-11-22/h5-17,26H,4,18-20H2,1-3H3,(H,30,34)/t26-/m0/s1. The summed E-state index contributed by atoms with van der Waals surface area (Å²) in [5.74, 6) is -1.59. The van der Waals surface area contributed by atoms with Crippen LogP contribution >= 0.6 is 0 Å². The molecule has 9 heteroatoms. The van der Waals surface area contributed by atoms with Crippen LogP contribution in [-0.4, -0.2) is 51.0 Å². The van der Waals surface area contributed by atoms with Crippen molar-refractivity contribution in [1.29, 1.82) is 0 Å². The highest BCUT2D eigenvalue weighted by atomic mass is 32.2. The van der Waals surface area contributed by atoms with E-state index in [2.05, 4.69) is 5.32 Å². The molecule has 3 aromatic carbocycles. The highest BCUT2D eigenvalue weighted by molar-refractivity contribution is 7.92. The van der Waals surface area contributed by atoms with Crippen molar-refractivity contribution in [2.24, 2.45) is 0 Å². The molecular formula is C28H32FN3O4S. The van der Waals surface area contributed by atoms with Gasteiger partial charge in [0.05, 0.1) is 11.9 Å². The molecule has 2 amide bonds. The van der Waals surface area contributed by atoms with E-state index < -0.39 is 40.2 Å². The molecule has 0 spiro atoms. The van der Waals surface area contributed by atoms with Crippen molar-refractivity contribution in [2.75, 3.05) is 24.2 Å². The average Bonchev–Trinajstić information content (AvgIpc) is 2.89. The summed E-state index contributed by atoms with van der Waals surface area (Å²) >= 11 is 0. The monoisotopic (exact) mass is 525 g/mol. The number of amides is 2. The van der Waals surface area contributed by atoms with E-state index in [1.807, 2.05) is 37.3 Å². The maximum absolute atomic E-state index is 14.6. The number of nitrogens with one attached hydrogen (secondary N) is 1. The highest BCUT2D eigenvalue weighted by Crippen LogP contribution is 2.21. The normalized spacial score (nSPS) is 12.0. The zero-order valence-electron chi connectivity index (χ0n) is 21.2. The number of hydrogen-bond acceptors (Lipinski definition) is 4. The first kappa shape index (κ1) is 27.9. The Morgan fingerprint density at radius 3 is 2.11 bits per heavy atom. The molecule has 0 aromatic heterocycles. The molecule has 0 aliphatic heterocycles. The van der Waals surface area contributed by atoms with Gasteiger partial charge in [-0.3, -0.25) is 13.9 Å². The Hall–Kier alpha value is -3.72. The number of anilines is 1. The second-order valence-corrected chi connectivity index (χ2v) is 10.6. The van der Waals surface area contributed by atoms with Crippen molar-refractivity contribution in [3.63, 3.8) is 0 Å². The lowest BCUT2D eigenvalue weighted by molar-refractivity contribution is -0.139. The van der Waals surface area contributed by atoms with Crippen LogP contribution in [0.3, 0.4) is 0 Å². The third-order valence-corrected chi connectivity index (χ3v) is 7.27. The third-order valence-electron chi connectivity index (χ3n) is 6.13. The number of likely N-dealkylation sites (N-methyl/N-ethyl adjacent to an activating group) is 1. The summed E-state index contributed by atoms with van der Waals surface area (Å²) in [6, 6.07) is 21.1. The van der Waals surface area contributed by atoms with Gasteiger partial charge in [0, 0.05) is 25.6 Å². The summed E-state index contributed by atoms with van der Waals surface area (Å²) in [6.45, 7) is 1.24. The van der Waals surface area contributed by atoms with Crippen LogP contribution in [0, 0.1) is 5.82 Å². The summed E-state index contributed by atoms with van der Waals surface area (Å²) in [4.78, 5) is 28.1. The Kier molecular flexibility index (Phi) is 9.41. The largest absolute Gasteiger partial charge is 0.357 e. The molecule has 3 rings (SSSR count). The van der Waals surface area contributed by atoms with Crippen molar-refractivity contribution < 1.29 is 22.4 Å². The number of carbonyl (C=O) groups is 2. The highest BCUT2D eigenvalue weighted by Gasteiger charge is 2.33. The number of benzene rings is 3. The van der Waals surface area contributed by atoms with Crippen molar-refractivity contribution in [3.05, 3.63) is 101 Å². The number of aryl methyl sites for hydroxylation is 1. The molecule has 7 nitrogen and oxygen atoms in total. The zero-order valence-corrected chi connectivity index (χ0v) is 22.0. The van der Waals surface area contributed by atoms with Gasteiger partial charge in [-0.2, -0.15) is 0 Å². The maximum Gasteiger partial charge on any atom is 0.244 e. The Balaban J connectivity index is 2.02. The van der Waals surface area contributed by atoms with E-state index in [1.165, 1.54) is 30.1 Å². The second-order valence-electron chi connectivity index (χ2n) is 8.72. The first-order valence-electron chi connectivity index (χ1n) is 12.0. The fraction of sp³-hybridized carbons (Fsp3) is 0.286. The van der Waals surface area contributed by atoms with Crippen LogP contribution in [-0.2, 0) is 39.0 Å². The van der Waals surface area contributed by atoms with Gasteiger partial charge in [0.2, 0.25) is 21.8 Å². The SMILES string of the molecule is CCc1ccc(N(CC(=O)N(Cc2ccccc2F)[C@@H](Cc2ccccc2)C(=O)NC)S(C)(=O)=O)cc1. The Bertz CT molecular complexity index is 1310. The maximum atomic E-state index is 14.6. The van der Waals surface area contributed by atoms with Gasteiger partial charge in [-0.1, -0.05) is 67.6 Å². The predicted octanol–water partition coefficient (Wildman–Crippen LogP) is 3.54. The number of carbonyl (C=O) groups excluding carboxylic acids is 2. The molecule has 0 saturated carbocycles. The Labute approximate surface area is 218 Å². The minimum absolute atomic E-state index is 0.171. The van der Waals surface area contributed by atoms with Gasteiger partial charge < -0.3 is 10.2 Å². The van der Waals surface area contributed by atoms with Crippen LogP contribution in [0.4, 0.5) is 10.1 Å². The second kappa shape index (κ2) is 12.5. The molecule has 0 aliphatic carbocycles. The van der Waals surface area contributed by atoms with Gasteiger partial charge in [-0.05, 0) is 35.7 Å². The Morgan fingerprint density at radius 1 is 0.919 bits per heavy atom. The van der Waals surface area contributed by atoms with Gasteiger partial charge in [0.15, 0.2) is 0 Å². The molecule has 1 atom stereocenters. The van der Waals surface area contributed by atoms with E-state index in [9.17, 15) is 22.4 Å². The predicted molar refractivity (Wildman–Crippen MR) is 143 cm³/mol. The molecule has 0 bridgehead atoms. The van der Waals surface area contributed by atoms with E-state index in [0.29, 0.717) is 5.69 Å². The summed E-state index contributed by atoms with van der Waals surface area (Å²) in [5, 5.41) is 2.59. The van der Waals surface area contributed by atoms with E-state index in [-0.39, 0.29) is 18.5 Å². The lowest BCUT2D eigenvalue weighted by atomic mass is 10.0. The van der Waals surface area contributed by atoms with Gasteiger partial charge in [0.25, 0.3) is 0 Å². The number of halogens is 1. The third kappa shape index (κ3) is 7.39. The summed E-state index contributed by atoms with van der Waals surface area (Å²) < 4.78 is 41.1. The summed E-state index contributed by atoms with van der Waals surface area (Å²) in [7, 11) is -2.38. The Morgan fingerprint density at radius 2 is 1.54 bits per heavy atom. The smallest absolute Gasteiger partial charge is 0.244 e. The van der Waals surface area contributed by atoms with Crippen molar-refractivity contribution in [3.8, 4) is 0 Å². The molecule has 196 valence electrons. The molecule has 0 unspecified atom stereocenters. The molecule has 3 aromatic rings.